The Morgan fingerprint density at radius 1 is 1.13 bits per heavy atom. The minimum atomic E-state index is -0.526. The predicted octanol–water partition coefficient (Wildman–Crippen LogP) is 4.37. The summed E-state index contributed by atoms with van der Waals surface area (Å²) < 4.78 is 12.1. The molecule has 5 rings (SSSR count). The number of nitrogens with zero attached hydrogens (tertiary/aromatic N) is 1. The molecule has 0 aromatic heterocycles. The number of carbonyl (C=O) groups excluding carboxylic acids is 2. The number of ether oxygens (including phenoxy) is 2. The number of hydrogen-bond donors (Lipinski definition) is 1. The van der Waals surface area contributed by atoms with Crippen molar-refractivity contribution < 1.29 is 19.1 Å². The second-order valence-electron chi connectivity index (χ2n) is 8.24. The molecule has 1 spiro atoms. The molecule has 2 fully saturated rings. The Bertz CT molecular complexity index is 1000. The fraction of sp³-hybridized carbons (Fsp3) is 0.391. The topological polar surface area (TPSA) is 67.9 Å². The van der Waals surface area contributed by atoms with Crippen LogP contribution in [-0.4, -0.2) is 29.0 Å². The summed E-state index contributed by atoms with van der Waals surface area (Å²) in [5, 5.41) is 3.55. The Balaban J connectivity index is 1.22. The van der Waals surface area contributed by atoms with E-state index >= 15 is 0 Å². The van der Waals surface area contributed by atoms with Crippen molar-refractivity contribution in [2.75, 3.05) is 11.9 Å². The first kappa shape index (κ1) is 19.2. The van der Waals surface area contributed by atoms with Crippen molar-refractivity contribution >= 4 is 29.1 Å². The molecule has 0 radical (unpaired) electrons. The molecule has 30 heavy (non-hydrogen) atoms. The van der Waals surface area contributed by atoms with Gasteiger partial charge in [0.25, 0.3) is 5.79 Å². The van der Waals surface area contributed by atoms with E-state index in [4.69, 9.17) is 21.1 Å². The van der Waals surface area contributed by atoms with Gasteiger partial charge in [-0.1, -0.05) is 29.8 Å². The van der Waals surface area contributed by atoms with E-state index in [1.165, 1.54) is 0 Å². The number of nitrogens with one attached hydrogen (secondary N) is 1. The summed E-state index contributed by atoms with van der Waals surface area (Å²) in [6.45, 7) is 0.790. The van der Waals surface area contributed by atoms with Gasteiger partial charge in [-0.25, -0.2) is 0 Å². The maximum atomic E-state index is 12.8. The molecule has 1 saturated heterocycles. The van der Waals surface area contributed by atoms with Gasteiger partial charge in [-0.15, -0.1) is 0 Å². The van der Waals surface area contributed by atoms with Gasteiger partial charge in [0, 0.05) is 49.1 Å². The van der Waals surface area contributed by atoms with E-state index in [9.17, 15) is 9.59 Å². The molecule has 2 aliphatic heterocycles. The van der Waals surface area contributed by atoms with Crippen molar-refractivity contribution in [3.8, 4) is 11.5 Å². The van der Waals surface area contributed by atoms with Gasteiger partial charge in [-0.2, -0.15) is 0 Å². The molecule has 6 nitrogen and oxygen atoms in total. The standard InChI is InChI=1S/C23H23ClN2O4/c24-18-6-2-1-5-15(18)13-26-14-16(11-21(26)27)22(28)25-17-7-8-19-20(12-17)30-23(29-19)9-3-4-10-23/h1-2,5-8,12,16H,3-4,9-11,13-14H2,(H,25,28)/t16-/m0/s1. The van der Waals surface area contributed by atoms with Gasteiger partial charge in [-0.3, -0.25) is 9.59 Å². The molecule has 156 valence electrons. The van der Waals surface area contributed by atoms with Crippen molar-refractivity contribution in [3.63, 3.8) is 0 Å². The van der Waals surface area contributed by atoms with E-state index in [1.807, 2.05) is 30.3 Å². The van der Waals surface area contributed by atoms with Gasteiger partial charge in [0.05, 0.1) is 5.92 Å². The maximum absolute atomic E-state index is 12.8. The monoisotopic (exact) mass is 426 g/mol. The minimum absolute atomic E-state index is 0.0380. The molecule has 1 saturated carbocycles. The molecule has 0 unspecified atom stereocenters. The Hall–Kier alpha value is -2.73. The second-order valence-corrected chi connectivity index (χ2v) is 8.65. The van der Waals surface area contributed by atoms with Crippen molar-refractivity contribution in [2.24, 2.45) is 5.92 Å². The molecule has 1 atom stereocenters. The first-order valence-corrected chi connectivity index (χ1v) is 10.7. The summed E-state index contributed by atoms with van der Waals surface area (Å²) in [6.07, 6.45) is 4.16. The third-order valence-corrected chi connectivity index (χ3v) is 6.44. The maximum Gasteiger partial charge on any atom is 0.251 e. The van der Waals surface area contributed by atoms with Gasteiger partial charge in [0.2, 0.25) is 11.8 Å². The van der Waals surface area contributed by atoms with Crippen LogP contribution in [0.2, 0.25) is 5.02 Å². The van der Waals surface area contributed by atoms with Gasteiger partial charge < -0.3 is 19.7 Å². The van der Waals surface area contributed by atoms with Crippen molar-refractivity contribution in [1.82, 2.24) is 4.90 Å². The first-order valence-electron chi connectivity index (χ1n) is 10.4. The smallest absolute Gasteiger partial charge is 0.251 e. The normalized spacial score (nSPS) is 21.4. The summed E-state index contributed by atoms with van der Waals surface area (Å²) in [4.78, 5) is 26.9. The third-order valence-electron chi connectivity index (χ3n) is 6.07. The van der Waals surface area contributed by atoms with E-state index in [0.29, 0.717) is 29.5 Å². The Morgan fingerprint density at radius 2 is 1.90 bits per heavy atom. The molecule has 2 aromatic rings. The molecular weight excluding hydrogens is 404 g/mol. The Labute approximate surface area is 180 Å². The highest BCUT2D eigenvalue weighted by Gasteiger charge is 2.44. The number of likely N-dealkylation sites (tertiary alicyclic amines) is 1. The number of benzene rings is 2. The second kappa shape index (κ2) is 7.51. The Kier molecular flexibility index (Phi) is 4.82. The van der Waals surface area contributed by atoms with Crippen LogP contribution in [0.4, 0.5) is 5.69 Å². The van der Waals surface area contributed by atoms with E-state index in [1.54, 1.807) is 17.0 Å². The fourth-order valence-corrected chi connectivity index (χ4v) is 4.66. The highest BCUT2D eigenvalue weighted by atomic mass is 35.5. The van der Waals surface area contributed by atoms with Crippen LogP contribution < -0.4 is 14.8 Å². The third kappa shape index (κ3) is 3.60. The van der Waals surface area contributed by atoms with Gasteiger partial charge in [0.15, 0.2) is 11.5 Å². The van der Waals surface area contributed by atoms with Crippen LogP contribution in [-0.2, 0) is 16.1 Å². The predicted molar refractivity (Wildman–Crippen MR) is 113 cm³/mol. The van der Waals surface area contributed by atoms with E-state index in [2.05, 4.69) is 5.32 Å². The lowest BCUT2D eigenvalue weighted by Gasteiger charge is -2.21. The van der Waals surface area contributed by atoms with E-state index < -0.39 is 11.7 Å². The lowest BCUT2D eigenvalue weighted by Crippen LogP contribution is -2.34. The number of carbonyl (C=O) groups is 2. The highest BCUT2D eigenvalue weighted by molar-refractivity contribution is 6.31. The molecule has 2 amide bonds. The van der Waals surface area contributed by atoms with Crippen LogP contribution in [0.5, 0.6) is 11.5 Å². The average Bonchev–Trinajstić information content (AvgIpc) is 3.43. The summed E-state index contributed by atoms with van der Waals surface area (Å²) in [6, 6.07) is 12.9. The molecule has 3 aliphatic rings. The average molecular weight is 427 g/mol. The zero-order valence-corrected chi connectivity index (χ0v) is 17.3. The van der Waals surface area contributed by atoms with Crippen LogP contribution in [0.1, 0.15) is 37.7 Å². The van der Waals surface area contributed by atoms with Crippen LogP contribution in [0.15, 0.2) is 42.5 Å². The summed E-state index contributed by atoms with van der Waals surface area (Å²) in [5.41, 5.74) is 1.53. The number of amides is 2. The zero-order valence-electron chi connectivity index (χ0n) is 16.5. The number of halogens is 1. The first-order chi connectivity index (χ1) is 14.5. The molecular formula is C23H23ClN2O4. The molecule has 2 aromatic carbocycles. The molecule has 0 bridgehead atoms. The molecule has 1 aliphatic carbocycles. The molecule has 2 heterocycles. The largest absolute Gasteiger partial charge is 0.448 e. The fourth-order valence-electron chi connectivity index (χ4n) is 4.47. The minimum Gasteiger partial charge on any atom is -0.448 e. The summed E-state index contributed by atoms with van der Waals surface area (Å²) >= 11 is 6.21. The number of hydrogen-bond acceptors (Lipinski definition) is 4. The number of rotatable bonds is 4. The van der Waals surface area contributed by atoms with Crippen LogP contribution in [0.3, 0.4) is 0 Å². The van der Waals surface area contributed by atoms with Gasteiger partial charge in [-0.05, 0) is 36.6 Å². The van der Waals surface area contributed by atoms with E-state index in [0.717, 1.165) is 37.0 Å². The summed E-state index contributed by atoms with van der Waals surface area (Å²) in [5.74, 6) is 0.256. The van der Waals surface area contributed by atoms with Crippen LogP contribution in [0, 0.1) is 5.92 Å². The lowest BCUT2D eigenvalue weighted by atomic mass is 10.1. The van der Waals surface area contributed by atoms with Crippen molar-refractivity contribution in [1.29, 1.82) is 0 Å². The van der Waals surface area contributed by atoms with E-state index in [-0.39, 0.29) is 18.2 Å². The summed E-state index contributed by atoms with van der Waals surface area (Å²) in [7, 11) is 0. The van der Waals surface area contributed by atoms with Crippen LogP contribution in [0.25, 0.3) is 0 Å². The number of fused-ring (bicyclic) bond motifs is 1. The SMILES string of the molecule is O=C(Nc1ccc2c(c1)OC1(CCCC1)O2)[C@H]1CC(=O)N(Cc2ccccc2Cl)C1. The highest BCUT2D eigenvalue weighted by Crippen LogP contribution is 2.47. The molecule has 7 heteroatoms. The van der Waals surface area contributed by atoms with Crippen LogP contribution >= 0.6 is 11.6 Å². The van der Waals surface area contributed by atoms with Crippen molar-refractivity contribution in [2.45, 2.75) is 44.4 Å². The Morgan fingerprint density at radius 3 is 2.70 bits per heavy atom. The van der Waals surface area contributed by atoms with Crippen molar-refractivity contribution in [3.05, 3.63) is 53.1 Å². The quantitative estimate of drug-likeness (QED) is 0.788. The van der Waals surface area contributed by atoms with Gasteiger partial charge in [0.1, 0.15) is 0 Å². The lowest BCUT2D eigenvalue weighted by molar-refractivity contribution is -0.128. The van der Waals surface area contributed by atoms with Gasteiger partial charge >= 0.3 is 0 Å². The zero-order chi connectivity index (χ0) is 20.7. The molecule has 1 N–H and O–H groups in total. The number of anilines is 1.